The topological polar surface area (TPSA) is 46.6 Å². The molecule has 0 unspecified atom stereocenters. The van der Waals surface area contributed by atoms with E-state index in [9.17, 15) is 9.59 Å². The fraction of sp³-hybridized carbons (Fsp3) is 0.273. The van der Waals surface area contributed by atoms with Gasteiger partial charge >= 0.3 is 5.97 Å². The summed E-state index contributed by atoms with van der Waals surface area (Å²) in [6, 6.07) is 6.73. The van der Waals surface area contributed by atoms with E-state index in [1.807, 2.05) is 0 Å². The van der Waals surface area contributed by atoms with E-state index >= 15 is 0 Å². The summed E-state index contributed by atoms with van der Waals surface area (Å²) in [7, 11) is 2.97. The third-order valence-electron chi connectivity index (χ3n) is 2.13. The molecule has 0 fully saturated rings. The lowest BCUT2D eigenvalue weighted by Crippen LogP contribution is -2.23. The van der Waals surface area contributed by atoms with Gasteiger partial charge in [0.05, 0.1) is 12.7 Å². The zero-order chi connectivity index (χ0) is 11.4. The van der Waals surface area contributed by atoms with Crippen molar-refractivity contribution in [3.05, 3.63) is 29.8 Å². The average Bonchev–Trinajstić information content (AvgIpc) is 2.27. The molecule has 0 aliphatic heterocycles. The largest absolute Gasteiger partial charge is 0.465 e. The smallest absolute Gasteiger partial charge is 0.337 e. The quantitative estimate of drug-likeness (QED) is 0.690. The summed E-state index contributed by atoms with van der Waals surface area (Å²) < 4.78 is 4.59. The third-order valence-corrected chi connectivity index (χ3v) is 2.13. The first-order chi connectivity index (χ1) is 7.06. The van der Waals surface area contributed by atoms with Crippen LogP contribution in [-0.2, 0) is 9.53 Å². The highest BCUT2D eigenvalue weighted by Crippen LogP contribution is 2.15. The number of hydrogen-bond donors (Lipinski definition) is 0. The zero-order valence-corrected chi connectivity index (χ0v) is 8.98. The molecule has 0 aromatic heterocycles. The zero-order valence-electron chi connectivity index (χ0n) is 8.98. The second-order valence-electron chi connectivity index (χ2n) is 3.12. The Kier molecular flexibility index (Phi) is 3.44. The van der Waals surface area contributed by atoms with Crippen LogP contribution < -0.4 is 4.90 Å². The summed E-state index contributed by atoms with van der Waals surface area (Å²) in [5.41, 5.74) is 1.11. The Morgan fingerprint density at radius 2 is 2.00 bits per heavy atom. The monoisotopic (exact) mass is 207 g/mol. The standard InChI is InChI=1S/C11H13NO3/c1-8(13)12(2)10-6-4-5-9(7-10)11(14)15-3/h4-7H,1-3H3. The number of ether oxygens (including phenoxy) is 1. The molecule has 0 N–H and O–H groups in total. The fourth-order valence-corrected chi connectivity index (χ4v) is 1.14. The van der Waals surface area contributed by atoms with Crippen molar-refractivity contribution in [2.75, 3.05) is 19.1 Å². The highest BCUT2D eigenvalue weighted by Gasteiger charge is 2.09. The van der Waals surface area contributed by atoms with Gasteiger partial charge in [0.15, 0.2) is 0 Å². The molecule has 1 aromatic carbocycles. The number of hydrogen-bond acceptors (Lipinski definition) is 3. The molecule has 0 aliphatic carbocycles. The molecule has 0 aliphatic rings. The number of carbonyl (C=O) groups excluding carboxylic acids is 2. The molecule has 1 aromatic rings. The number of rotatable bonds is 2. The second-order valence-corrected chi connectivity index (χ2v) is 3.12. The molecule has 15 heavy (non-hydrogen) atoms. The maximum atomic E-state index is 11.2. The SMILES string of the molecule is COC(=O)c1cccc(N(C)C(C)=O)c1. The van der Waals surface area contributed by atoms with Crippen molar-refractivity contribution in [3.63, 3.8) is 0 Å². The van der Waals surface area contributed by atoms with Crippen LogP contribution in [0.5, 0.6) is 0 Å². The maximum Gasteiger partial charge on any atom is 0.337 e. The van der Waals surface area contributed by atoms with Gasteiger partial charge in [0, 0.05) is 19.7 Å². The van der Waals surface area contributed by atoms with Gasteiger partial charge in [0.2, 0.25) is 5.91 Å². The van der Waals surface area contributed by atoms with E-state index in [0.29, 0.717) is 11.3 Å². The van der Waals surface area contributed by atoms with Crippen molar-refractivity contribution >= 4 is 17.6 Å². The van der Waals surface area contributed by atoms with E-state index < -0.39 is 5.97 Å². The fourth-order valence-electron chi connectivity index (χ4n) is 1.14. The van der Waals surface area contributed by atoms with Crippen molar-refractivity contribution < 1.29 is 14.3 Å². The number of anilines is 1. The number of esters is 1. The van der Waals surface area contributed by atoms with Crippen LogP contribution in [0.25, 0.3) is 0 Å². The van der Waals surface area contributed by atoms with Crippen LogP contribution in [0.2, 0.25) is 0 Å². The number of amides is 1. The summed E-state index contributed by atoms with van der Waals surface area (Å²) in [5, 5.41) is 0. The second kappa shape index (κ2) is 4.59. The summed E-state index contributed by atoms with van der Waals surface area (Å²) in [4.78, 5) is 23.8. The molecular weight excluding hydrogens is 194 g/mol. The van der Waals surface area contributed by atoms with Gasteiger partial charge in [-0.3, -0.25) is 4.79 Å². The Bertz CT molecular complexity index is 387. The van der Waals surface area contributed by atoms with Gasteiger partial charge < -0.3 is 9.64 Å². The average molecular weight is 207 g/mol. The molecule has 0 heterocycles. The predicted molar refractivity (Wildman–Crippen MR) is 56.9 cm³/mol. The molecule has 0 saturated carbocycles. The van der Waals surface area contributed by atoms with Gasteiger partial charge in [-0.2, -0.15) is 0 Å². The lowest BCUT2D eigenvalue weighted by Gasteiger charge is -2.15. The minimum absolute atomic E-state index is 0.0861. The van der Waals surface area contributed by atoms with Gasteiger partial charge in [-0.25, -0.2) is 4.79 Å². The van der Waals surface area contributed by atoms with Crippen molar-refractivity contribution in [3.8, 4) is 0 Å². The number of methoxy groups -OCH3 is 1. The Hall–Kier alpha value is -1.84. The first kappa shape index (κ1) is 11.2. The van der Waals surface area contributed by atoms with Crippen LogP contribution in [-0.4, -0.2) is 26.0 Å². The molecule has 80 valence electrons. The summed E-state index contributed by atoms with van der Waals surface area (Å²) >= 11 is 0. The van der Waals surface area contributed by atoms with Crippen LogP contribution in [0.3, 0.4) is 0 Å². The Morgan fingerprint density at radius 1 is 1.33 bits per heavy atom. The molecule has 0 atom stereocenters. The van der Waals surface area contributed by atoms with Gasteiger partial charge in [-0.15, -0.1) is 0 Å². The summed E-state index contributed by atoms with van der Waals surface area (Å²) in [6.45, 7) is 1.46. The van der Waals surface area contributed by atoms with Gasteiger partial charge in [0.25, 0.3) is 0 Å². The van der Waals surface area contributed by atoms with Crippen LogP contribution >= 0.6 is 0 Å². The molecule has 1 amide bonds. The molecule has 1 rings (SSSR count). The van der Waals surface area contributed by atoms with Crippen molar-refractivity contribution in [2.24, 2.45) is 0 Å². The Balaban J connectivity index is 3.02. The van der Waals surface area contributed by atoms with E-state index in [-0.39, 0.29) is 5.91 Å². The molecule has 4 heteroatoms. The van der Waals surface area contributed by atoms with Crippen molar-refractivity contribution in [2.45, 2.75) is 6.92 Å². The van der Waals surface area contributed by atoms with Crippen molar-refractivity contribution in [1.82, 2.24) is 0 Å². The minimum Gasteiger partial charge on any atom is -0.465 e. The van der Waals surface area contributed by atoms with Gasteiger partial charge in [-0.1, -0.05) is 6.07 Å². The van der Waals surface area contributed by atoms with Crippen molar-refractivity contribution in [1.29, 1.82) is 0 Å². The predicted octanol–water partition coefficient (Wildman–Crippen LogP) is 1.46. The van der Waals surface area contributed by atoms with Crippen LogP contribution in [0.15, 0.2) is 24.3 Å². The highest BCUT2D eigenvalue weighted by molar-refractivity contribution is 5.94. The molecule has 0 radical (unpaired) electrons. The van der Waals surface area contributed by atoms with Crippen LogP contribution in [0.1, 0.15) is 17.3 Å². The van der Waals surface area contributed by atoms with E-state index in [2.05, 4.69) is 4.74 Å². The van der Waals surface area contributed by atoms with Crippen LogP contribution in [0.4, 0.5) is 5.69 Å². The first-order valence-corrected chi connectivity index (χ1v) is 4.49. The number of benzene rings is 1. The van der Waals surface area contributed by atoms with E-state index in [1.165, 1.54) is 18.9 Å². The number of nitrogens with zero attached hydrogens (tertiary/aromatic N) is 1. The maximum absolute atomic E-state index is 11.2. The molecule has 0 bridgehead atoms. The lowest BCUT2D eigenvalue weighted by molar-refractivity contribution is -0.116. The van der Waals surface area contributed by atoms with E-state index in [4.69, 9.17) is 0 Å². The Labute approximate surface area is 88.5 Å². The number of carbonyl (C=O) groups is 2. The lowest BCUT2D eigenvalue weighted by atomic mass is 10.2. The Morgan fingerprint density at radius 3 is 2.53 bits per heavy atom. The summed E-state index contributed by atoms with van der Waals surface area (Å²) in [6.07, 6.45) is 0. The molecular formula is C11H13NO3. The third kappa shape index (κ3) is 2.56. The van der Waals surface area contributed by atoms with E-state index in [0.717, 1.165) is 0 Å². The first-order valence-electron chi connectivity index (χ1n) is 4.49. The van der Waals surface area contributed by atoms with Gasteiger partial charge in [-0.05, 0) is 18.2 Å². The normalized spacial score (nSPS) is 9.53. The van der Waals surface area contributed by atoms with Crippen LogP contribution in [0, 0.1) is 0 Å². The molecule has 0 saturated heterocycles. The van der Waals surface area contributed by atoms with Gasteiger partial charge in [0.1, 0.15) is 0 Å². The summed E-state index contributed by atoms with van der Waals surface area (Å²) in [5.74, 6) is -0.495. The molecule has 0 spiro atoms. The van der Waals surface area contributed by atoms with E-state index in [1.54, 1.807) is 31.3 Å². The minimum atomic E-state index is -0.409. The highest BCUT2D eigenvalue weighted by atomic mass is 16.5. The molecule has 4 nitrogen and oxygen atoms in total.